The Bertz CT molecular complexity index is 687. The van der Waals surface area contributed by atoms with Crippen LogP contribution in [0.15, 0.2) is 18.5 Å². The highest BCUT2D eigenvalue weighted by atomic mass is 32.1. The van der Waals surface area contributed by atoms with Crippen LogP contribution < -0.4 is 5.32 Å². The van der Waals surface area contributed by atoms with Crippen LogP contribution in [-0.2, 0) is 11.8 Å². The first kappa shape index (κ1) is 13.9. The average Bonchev–Trinajstić information content (AvgIpc) is 2.93. The summed E-state index contributed by atoms with van der Waals surface area (Å²) in [7, 11) is 1.77. The summed E-state index contributed by atoms with van der Waals surface area (Å²) >= 11 is 0.945. The molecule has 0 unspecified atom stereocenters. The Balaban J connectivity index is 2.09. The number of nitrogens with zero attached hydrogens (tertiary/aromatic N) is 3. The maximum absolute atomic E-state index is 11.7. The number of hydrogen-bond donors (Lipinski definition) is 2. The summed E-state index contributed by atoms with van der Waals surface area (Å²) < 4.78 is 5.54. The van der Waals surface area contributed by atoms with Gasteiger partial charge in [-0.05, 0) is 24.5 Å². The van der Waals surface area contributed by atoms with Gasteiger partial charge in [-0.15, -0.1) is 0 Å². The lowest BCUT2D eigenvalue weighted by Gasteiger charge is -1.99. The predicted molar refractivity (Wildman–Crippen MR) is 74.7 cm³/mol. The number of amides is 1. The molecule has 0 atom stereocenters. The number of aryl methyl sites for hydroxylation is 2. The molecule has 104 valence electrons. The fourth-order valence-electron chi connectivity index (χ4n) is 1.56. The zero-order valence-electron chi connectivity index (χ0n) is 10.8. The lowest BCUT2D eigenvalue weighted by molar-refractivity contribution is -0.111. The molecule has 0 saturated heterocycles. The highest BCUT2D eigenvalue weighted by molar-refractivity contribution is 7.11. The number of hydrogen-bond acceptors (Lipinski definition) is 5. The van der Waals surface area contributed by atoms with Crippen molar-refractivity contribution in [2.45, 2.75) is 6.92 Å². The Labute approximate surface area is 118 Å². The molecule has 2 N–H and O–H groups in total. The number of anilines is 1. The second-order valence-electron chi connectivity index (χ2n) is 4.05. The number of carbonyl (C=O) groups excluding carboxylic acids is 1. The largest absolute Gasteiger partial charge is 0.478 e. The van der Waals surface area contributed by atoms with Crippen LogP contribution in [-0.4, -0.2) is 31.1 Å². The van der Waals surface area contributed by atoms with Crippen molar-refractivity contribution in [3.63, 3.8) is 0 Å². The maximum Gasteiger partial charge on any atom is 0.340 e. The van der Waals surface area contributed by atoms with E-state index < -0.39 is 11.9 Å². The molecule has 0 fully saturated rings. The highest BCUT2D eigenvalue weighted by Gasteiger charge is 2.18. The van der Waals surface area contributed by atoms with E-state index in [9.17, 15) is 9.59 Å². The quantitative estimate of drug-likeness (QED) is 0.833. The van der Waals surface area contributed by atoms with Gasteiger partial charge in [0, 0.05) is 24.9 Å². The first-order valence-electron chi connectivity index (χ1n) is 5.64. The van der Waals surface area contributed by atoms with Gasteiger partial charge < -0.3 is 10.4 Å². The van der Waals surface area contributed by atoms with E-state index in [0.717, 1.165) is 17.1 Å². The number of aromatic nitrogens is 3. The van der Waals surface area contributed by atoms with E-state index in [0.29, 0.717) is 5.69 Å². The van der Waals surface area contributed by atoms with Crippen LogP contribution in [0.4, 0.5) is 5.00 Å². The van der Waals surface area contributed by atoms with Gasteiger partial charge in [0.25, 0.3) is 0 Å². The van der Waals surface area contributed by atoms with Crippen molar-refractivity contribution in [1.82, 2.24) is 14.2 Å². The number of nitrogens with one attached hydrogen (secondary N) is 1. The molecule has 2 aromatic heterocycles. The molecule has 1 amide bonds. The third-order valence-corrected chi connectivity index (χ3v) is 3.32. The molecule has 0 bridgehead atoms. The fraction of sp³-hybridized carbons (Fsp3) is 0.167. The molecule has 2 rings (SSSR count). The van der Waals surface area contributed by atoms with E-state index in [-0.39, 0.29) is 10.6 Å². The minimum absolute atomic E-state index is 0.0260. The summed E-state index contributed by atoms with van der Waals surface area (Å²) in [6.07, 6.45) is 6.28. The van der Waals surface area contributed by atoms with Gasteiger partial charge in [0.2, 0.25) is 5.91 Å². The molecule has 20 heavy (non-hydrogen) atoms. The van der Waals surface area contributed by atoms with Crippen LogP contribution in [0.2, 0.25) is 0 Å². The molecule has 0 saturated carbocycles. The summed E-state index contributed by atoms with van der Waals surface area (Å²) in [5, 5.41) is 15.8. The molecule has 8 heteroatoms. The normalized spacial score (nSPS) is 10.9. The molecule has 7 nitrogen and oxygen atoms in total. The summed E-state index contributed by atoms with van der Waals surface area (Å²) in [5.74, 6) is -1.53. The molecule has 0 aliphatic rings. The van der Waals surface area contributed by atoms with E-state index in [1.165, 1.54) is 6.08 Å². The van der Waals surface area contributed by atoms with Crippen molar-refractivity contribution < 1.29 is 14.7 Å². The number of carboxylic acids is 1. The molecule has 0 aliphatic heterocycles. The van der Waals surface area contributed by atoms with Crippen molar-refractivity contribution in [3.8, 4) is 0 Å². The first-order valence-corrected chi connectivity index (χ1v) is 6.42. The fourth-order valence-corrected chi connectivity index (χ4v) is 2.35. The van der Waals surface area contributed by atoms with Gasteiger partial charge in [0.15, 0.2) is 0 Å². The minimum atomic E-state index is -1.11. The Kier molecular flexibility index (Phi) is 3.94. The lowest BCUT2D eigenvalue weighted by atomic mass is 10.2. The van der Waals surface area contributed by atoms with Crippen molar-refractivity contribution in [3.05, 3.63) is 35.3 Å². The molecule has 0 radical (unpaired) electrons. The van der Waals surface area contributed by atoms with Crippen molar-refractivity contribution in [2.75, 3.05) is 5.32 Å². The molecular formula is C12H12N4O3S. The topological polar surface area (TPSA) is 97.1 Å². The zero-order valence-corrected chi connectivity index (χ0v) is 11.6. The molecule has 0 aliphatic carbocycles. The standard InChI is InChI=1S/C12H12N4O3S/c1-7-10(12(18)19)11(20-15-7)14-9(17)4-3-8-5-13-16(2)6-8/h3-6H,1-2H3,(H,14,17)(H,18,19)/b4-3+. The van der Waals surface area contributed by atoms with Crippen LogP contribution >= 0.6 is 11.5 Å². The van der Waals surface area contributed by atoms with Gasteiger partial charge >= 0.3 is 5.97 Å². The number of aromatic carboxylic acids is 1. The number of carbonyl (C=O) groups is 2. The van der Waals surface area contributed by atoms with Crippen molar-refractivity contribution in [1.29, 1.82) is 0 Å². The number of carboxylic acid groups (broad SMARTS) is 1. The van der Waals surface area contributed by atoms with Crippen molar-refractivity contribution in [2.24, 2.45) is 7.05 Å². The van der Waals surface area contributed by atoms with E-state index in [2.05, 4.69) is 14.8 Å². The monoisotopic (exact) mass is 292 g/mol. The molecule has 0 aromatic carbocycles. The van der Waals surface area contributed by atoms with Gasteiger partial charge in [-0.2, -0.15) is 9.47 Å². The minimum Gasteiger partial charge on any atom is -0.478 e. The van der Waals surface area contributed by atoms with Crippen LogP contribution in [0.1, 0.15) is 21.6 Å². The van der Waals surface area contributed by atoms with Crippen LogP contribution in [0.25, 0.3) is 6.08 Å². The summed E-state index contributed by atoms with van der Waals surface area (Å²) in [6.45, 7) is 1.58. The van der Waals surface area contributed by atoms with E-state index in [4.69, 9.17) is 5.11 Å². The van der Waals surface area contributed by atoms with Crippen LogP contribution in [0.5, 0.6) is 0 Å². The van der Waals surface area contributed by atoms with Gasteiger partial charge in [0.05, 0.1) is 11.9 Å². The van der Waals surface area contributed by atoms with Crippen molar-refractivity contribution >= 4 is 34.5 Å². The van der Waals surface area contributed by atoms with Crippen LogP contribution in [0.3, 0.4) is 0 Å². The summed E-state index contributed by atoms with van der Waals surface area (Å²) in [4.78, 5) is 22.8. The Morgan fingerprint density at radius 3 is 2.85 bits per heavy atom. The molecule has 0 spiro atoms. The Hall–Kier alpha value is -2.48. The number of rotatable bonds is 4. The summed E-state index contributed by atoms with van der Waals surface area (Å²) in [6, 6.07) is 0. The van der Waals surface area contributed by atoms with Gasteiger partial charge in [0.1, 0.15) is 10.6 Å². The average molecular weight is 292 g/mol. The SMILES string of the molecule is Cc1nsc(NC(=O)/C=C/c2cnn(C)c2)c1C(=O)O. The molecule has 2 aromatic rings. The predicted octanol–water partition coefficient (Wildman–Crippen LogP) is 1.54. The molecule has 2 heterocycles. The van der Waals surface area contributed by atoms with Crippen LogP contribution in [0, 0.1) is 6.92 Å². The third-order valence-electron chi connectivity index (χ3n) is 2.47. The van der Waals surface area contributed by atoms with E-state index in [1.807, 2.05) is 0 Å². The Morgan fingerprint density at radius 2 is 2.25 bits per heavy atom. The maximum atomic E-state index is 11.7. The zero-order chi connectivity index (χ0) is 14.7. The molecular weight excluding hydrogens is 280 g/mol. The second-order valence-corrected chi connectivity index (χ2v) is 4.82. The van der Waals surface area contributed by atoms with Gasteiger partial charge in [-0.3, -0.25) is 9.48 Å². The van der Waals surface area contributed by atoms with Gasteiger partial charge in [-0.1, -0.05) is 0 Å². The summed E-state index contributed by atoms with van der Waals surface area (Å²) in [5.41, 5.74) is 1.19. The highest BCUT2D eigenvalue weighted by Crippen LogP contribution is 2.24. The van der Waals surface area contributed by atoms with E-state index >= 15 is 0 Å². The second kappa shape index (κ2) is 5.66. The smallest absolute Gasteiger partial charge is 0.340 e. The van der Waals surface area contributed by atoms with E-state index in [1.54, 1.807) is 37.1 Å². The Morgan fingerprint density at radius 1 is 1.50 bits per heavy atom. The lowest BCUT2D eigenvalue weighted by Crippen LogP contribution is -2.10. The van der Waals surface area contributed by atoms with Gasteiger partial charge in [-0.25, -0.2) is 4.79 Å². The first-order chi connectivity index (χ1) is 9.47. The third kappa shape index (κ3) is 3.09.